The summed E-state index contributed by atoms with van der Waals surface area (Å²) in [6.07, 6.45) is -0.0315. The Hall–Kier alpha value is -4.00. The van der Waals surface area contributed by atoms with E-state index in [4.69, 9.17) is 5.11 Å². The van der Waals surface area contributed by atoms with E-state index in [1.54, 1.807) is 54.9 Å². The molecule has 0 radical (unpaired) electrons. The van der Waals surface area contributed by atoms with Crippen LogP contribution in [-0.2, 0) is 16.6 Å². The van der Waals surface area contributed by atoms with Gasteiger partial charge in [0, 0.05) is 30.4 Å². The molecule has 1 atom stereocenters. The number of carboxylic acid groups (broad SMARTS) is 1. The SMILES string of the molecule is CC(C)(CCn1cnc2ccc(OC(=O)O)nc21)NC[C@H](O)c1cccc(NS(=O)(=O)c2ccccc2)c1. The summed E-state index contributed by atoms with van der Waals surface area (Å²) in [6, 6.07) is 17.8. The first kappa shape index (κ1) is 27.0. The Labute approximate surface area is 220 Å². The Morgan fingerprint density at radius 1 is 1.11 bits per heavy atom. The first-order chi connectivity index (χ1) is 18.0. The quantitative estimate of drug-likeness (QED) is 0.208. The molecular weight excluding hydrogens is 510 g/mol. The van der Waals surface area contributed by atoms with Gasteiger partial charge in [0.15, 0.2) is 5.65 Å². The third-order valence-corrected chi connectivity index (χ3v) is 7.36. The number of nitrogens with zero attached hydrogens (tertiary/aromatic N) is 3. The molecule has 0 amide bonds. The molecule has 0 aliphatic carbocycles. The van der Waals surface area contributed by atoms with Crippen LogP contribution in [0.15, 0.2) is 78.0 Å². The predicted octanol–water partition coefficient (Wildman–Crippen LogP) is 3.78. The van der Waals surface area contributed by atoms with Gasteiger partial charge in [0.05, 0.1) is 17.3 Å². The van der Waals surface area contributed by atoms with Crippen LogP contribution in [0.3, 0.4) is 0 Å². The number of fused-ring (bicyclic) bond motifs is 1. The van der Waals surface area contributed by atoms with E-state index in [0.717, 1.165) is 0 Å². The number of β-amino-alcohol motifs (C(OH)–C–C–N with tert-alkyl or cyclic N) is 1. The molecule has 0 saturated heterocycles. The van der Waals surface area contributed by atoms with E-state index in [1.807, 2.05) is 18.4 Å². The minimum atomic E-state index is -3.74. The number of imidazole rings is 1. The summed E-state index contributed by atoms with van der Waals surface area (Å²) in [6.45, 7) is 4.76. The van der Waals surface area contributed by atoms with Gasteiger partial charge in [0.2, 0.25) is 5.88 Å². The predicted molar refractivity (Wildman–Crippen MR) is 142 cm³/mol. The largest absolute Gasteiger partial charge is 0.512 e. The second kappa shape index (κ2) is 11.2. The highest BCUT2D eigenvalue weighted by Gasteiger charge is 2.21. The van der Waals surface area contributed by atoms with Crippen molar-refractivity contribution in [2.24, 2.45) is 0 Å². The lowest BCUT2D eigenvalue weighted by Gasteiger charge is -2.28. The second-order valence-electron chi connectivity index (χ2n) is 9.37. The van der Waals surface area contributed by atoms with Crippen LogP contribution in [0.4, 0.5) is 10.5 Å². The number of nitrogens with one attached hydrogen (secondary N) is 2. The van der Waals surface area contributed by atoms with Crippen molar-refractivity contribution in [3.05, 3.63) is 78.6 Å². The smallest absolute Gasteiger partial charge is 0.449 e. The molecule has 0 fully saturated rings. The number of hydrogen-bond acceptors (Lipinski definition) is 8. The molecule has 0 saturated carbocycles. The molecule has 200 valence electrons. The summed E-state index contributed by atoms with van der Waals surface area (Å²) in [5.41, 5.74) is 1.66. The van der Waals surface area contributed by atoms with Crippen molar-refractivity contribution in [1.29, 1.82) is 0 Å². The highest BCUT2D eigenvalue weighted by Crippen LogP contribution is 2.22. The molecule has 2 aromatic carbocycles. The third kappa shape index (κ3) is 6.85. The average molecular weight is 540 g/mol. The zero-order chi connectivity index (χ0) is 27.3. The zero-order valence-electron chi connectivity index (χ0n) is 20.9. The van der Waals surface area contributed by atoms with Gasteiger partial charge in [-0.1, -0.05) is 30.3 Å². The monoisotopic (exact) mass is 539 g/mol. The molecule has 0 spiro atoms. The van der Waals surface area contributed by atoms with Gasteiger partial charge in [-0.25, -0.2) is 18.2 Å². The van der Waals surface area contributed by atoms with E-state index in [-0.39, 0.29) is 22.9 Å². The molecule has 2 heterocycles. The summed E-state index contributed by atoms with van der Waals surface area (Å²) >= 11 is 0. The Kier molecular flexibility index (Phi) is 7.95. The topological polar surface area (TPSA) is 156 Å². The van der Waals surface area contributed by atoms with E-state index in [2.05, 4.69) is 24.7 Å². The molecule has 12 heteroatoms. The standard InChI is InChI=1S/C26H29N5O6S/c1-26(2,13-14-31-17-27-21-11-12-23(29-24(21)31)37-25(33)34)28-16-22(32)18-7-6-8-19(15-18)30-38(35,36)20-9-4-3-5-10-20/h3-12,15,17,22,28,30,32H,13-14,16H2,1-2H3,(H,33,34)/t22-/m0/s1. The minimum absolute atomic E-state index is 0.0273. The van der Waals surface area contributed by atoms with Gasteiger partial charge in [0.25, 0.3) is 10.0 Å². The zero-order valence-corrected chi connectivity index (χ0v) is 21.7. The van der Waals surface area contributed by atoms with Gasteiger partial charge >= 0.3 is 6.16 Å². The molecular formula is C26H29N5O6S. The van der Waals surface area contributed by atoms with E-state index < -0.39 is 22.3 Å². The molecule has 0 aliphatic heterocycles. The van der Waals surface area contributed by atoms with Crippen molar-refractivity contribution >= 4 is 33.0 Å². The van der Waals surface area contributed by atoms with E-state index >= 15 is 0 Å². The maximum Gasteiger partial charge on any atom is 0.512 e. The number of sulfonamides is 1. The van der Waals surface area contributed by atoms with Crippen LogP contribution >= 0.6 is 0 Å². The Morgan fingerprint density at radius 3 is 2.61 bits per heavy atom. The molecule has 11 nitrogen and oxygen atoms in total. The molecule has 0 bridgehead atoms. The number of aromatic nitrogens is 3. The van der Waals surface area contributed by atoms with Crippen LogP contribution in [0.2, 0.25) is 0 Å². The fourth-order valence-electron chi connectivity index (χ4n) is 3.83. The highest BCUT2D eigenvalue weighted by molar-refractivity contribution is 7.92. The van der Waals surface area contributed by atoms with Crippen molar-refractivity contribution < 1.29 is 28.2 Å². The average Bonchev–Trinajstić information content (AvgIpc) is 3.28. The van der Waals surface area contributed by atoms with Gasteiger partial charge in [-0.05, 0) is 56.2 Å². The van der Waals surface area contributed by atoms with Crippen LogP contribution in [0.25, 0.3) is 11.2 Å². The van der Waals surface area contributed by atoms with Gasteiger partial charge in [-0.2, -0.15) is 4.98 Å². The van der Waals surface area contributed by atoms with Crippen molar-refractivity contribution in [3.8, 4) is 5.88 Å². The van der Waals surface area contributed by atoms with Gasteiger partial charge < -0.3 is 24.8 Å². The first-order valence-electron chi connectivity index (χ1n) is 11.9. The van der Waals surface area contributed by atoms with Crippen LogP contribution in [0, 0.1) is 0 Å². The van der Waals surface area contributed by atoms with E-state index in [1.165, 1.54) is 18.2 Å². The molecule has 4 aromatic rings. The second-order valence-corrected chi connectivity index (χ2v) is 11.1. The van der Waals surface area contributed by atoms with Crippen LogP contribution in [0.1, 0.15) is 31.9 Å². The maximum atomic E-state index is 12.6. The van der Waals surface area contributed by atoms with Gasteiger partial charge in [0.1, 0.15) is 5.52 Å². The van der Waals surface area contributed by atoms with Crippen molar-refractivity contribution in [2.45, 2.75) is 43.4 Å². The number of carbonyl (C=O) groups is 1. The summed E-state index contributed by atoms with van der Waals surface area (Å²) in [5.74, 6) is -0.0273. The Balaban J connectivity index is 1.36. The number of rotatable bonds is 11. The van der Waals surface area contributed by atoms with E-state index in [9.17, 15) is 18.3 Å². The number of aliphatic hydroxyl groups excluding tert-OH is 1. The maximum absolute atomic E-state index is 12.6. The number of aryl methyl sites for hydroxylation is 1. The summed E-state index contributed by atoms with van der Waals surface area (Å²) < 4.78 is 34.3. The lowest BCUT2D eigenvalue weighted by Crippen LogP contribution is -2.42. The fraction of sp³-hybridized carbons (Fsp3) is 0.269. The van der Waals surface area contributed by atoms with Crippen molar-refractivity contribution in [1.82, 2.24) is 19.9 Å². The number of anilines is 1. The normalized spacial score (nSPS) is 12.8. The summed E-state index contributed by atoms with van der Waals surface area (Å²) in [7, 11) is -3.74. The van der Waals surface area contributed by atoms with Crippen LogP contribution in [-0.4, -0.2) is 51.4 Å². The number of hydrogen-bond donors (Lipinski definition) is 4. The minimum Gasteiger partial charge on any atom is -0.449 e. The number of pyridine rings is 1. The Morgan fingerprint density at radius 2 is 1.87 bits per heavy atom. The Bertz CT molecular complexity index is 1520. The molecule has 2 aromatic heterocycles. The molecule has 38 heavy (non-hydrogen) atoms. The van der Waals surface area contributed by atoms with E-state index in [0.29, 0.717) is 35.4 Å². The third-order valence-electron chi connectivity index (χ3n) is 5.96. The summed E-state index contributed by atoms with van der Waals surface area (Å²) in [4.78, 5) is 19.5. The molecule has 0 unspecified atom stereocenters. The van der Waals surface area contributed by atoms with Crippen LogP contribution in [0.5, 0.6) is 5.88 Å². The fourth-order valence-corrected chi connectivity index (χ4v) is 4.91. The lowest BCUT2D eigenvalue weighted by molar-refractivity contribution is 0.142. The van der Waals surface area contributed by atoms with Crippen molar-refractivity contribution in [2.75, 3.05) is 11.3 Å². The van der Waals surface area contributed by atoms with Gasteiger partial charge in [-0.3, -0.25) is 4.72 Å². The molecule has 4 rings (SSSR count). The lowest BCUT2D eigenvalue weighted by atomic mass is 9.99. The highest BCUT2D eigenvalue weighted by atomic mass is 32.2. The molecule has 4 N–H and O–H groups in total. The number of ether oxygens (including phenoxy) is 1. The van der Waals surface area contributed by atoms with Crippen LogP contribution < -0.4 is 14.8 Å². The summed E-state index contributed by atoms with van der Waals surface area (Å²) in [5, 5.41) is 23.0. The first-order valence-corrected chi connectivity index (χ1v) is 13.3. The van der Waals surface area contributed by atoms with Gasteiger partial charge in [-0.15, -0.1) is 0 Å². The number of aliphatic hydroxyl groups is 1. The number of benzene rings is 2. The molecule has 0 aliphatic rings. The van der Waals surface area contributed by atoms with Crippen molar-refractivity contribution in [3.63, 3.8) is 0 Å².